The quantitative estimate of drug-likeness (QED) is 0.715. The molecule has 1 aromatic carbocycles. The van der Waals surface area contributed by atoms with Gasteiger partial charge in [0.2, 0.25) is 10.0 Å². The van der Waals surface area contributed by atoms with Crippen LogP contribution in [0.15, 0.2) is 29.2 Å². The van der Waals surface area contributed by atoms with Gasteiger partial charge in [0, 0.05) is 12.6 Å². The van der Waals surface area contributed by atoms with Crippen molar-refractivity contribution in [2.45, 2.75) is 50.7 Å². The predicted octanol–water partition coefficient (Wildman–Crippen LogP) is 1.78. The van der Waals surface area contributed by atoms with E-state index in [4.69, 9.17) is 5.14 Å². The minimum Gasteiger partial charge on any atom is -0.389 e. The summed E-state index contributed by atoms with van der Waals surface area (Å²) in [5, 5.41) is 18.7. The van der Waals surface area contributed by atoms with E-state index in [1.807, 2.05) is 13.0 Å². The first-order valence-corrected chi connectivity index (χ1v) is 8.64. The lowest BCUT2D eigenvalue weighted by Crippen LogP contribution is -2.39. The SMILES string of the molecule is CC(C)CC(C)(O)CNC(C)c1cccc(S(N)(=O)=O)c1. The van der Waals surface area contributed by atoms with Crippen LogP contribution in [-0.4, -0.2) is 25.7 Å². The smallest absolute Gasteiger partial charge is 0.238 e. The summed E-state index contributed by atoms with van der Waals surface area (Å²) in [6.45, 7) is 8.29. The second kappa shape index (κ2) is 6.87. The van der Waals surface area contributed by atoms with E-state index in [0.717, 1.165) is 5.56 Å². The lowest BCUT2D eigenvalue weighted by Gasteiger charge is -2.28. The normalized spacial score (nSPS) is 16.7. The number of benzene rings is 1. The van der Waals surface area contributed by atoms with Crippen molar-refractivity contribution >= 4 is 10.0 Å². The third-order valence-corrected chi connectivity index (χ3v) is 4.23. The highest BCUT2D eigenvalue weighted by Gasteiger charge is 2.22. The molecule has 0 saturated carbocycles. The van der Waals surface area contributed by atoms with Gasteiger partial charge >= 0.3 is 0 Å². The summed E-state index contributed by atoms with van der Waals surface area (Å²) in [6, 6.07) is 6.46. The largest absolute Gasteiger partial charge is 0.389 e. The summed E-state index contributed by atoms with van der Waals surface area (Å²) in [4.78, 5) is 0.0996. The van der Waals surface area contributed by atoms with Crippen molar-refractivity contribution in [3.05, 3.63) is 29.8 Å². The minimum absolute atomic E-state index is 0.0784. The molecular weight excluding hydrogens is 288 g/mol. The van der Waals surface area contributed by atoms with Crippen LogP contribution in [0, 0.1) is 5.92 Å². The van der Waals surface area contributed by atoms with E-state index >= 15 is 0 Å². The molecule has 0 aliphatic heterocycles. The van der Waals surface area contributed by atoms with Crippen LogP contribution in [0.2, 0.25) is 0 Å². The van der Waals surface area contributed by atoms with Gasteiger partial charge in [0.15, 0.2) is 0 Å². The highest BCUT2D eigenvalue weighted by molar-refractivity contribution is 7.89. The molecule has 0 aromatic heterocycles. The molecule has 21 heavy (non-hydrogen) atoms. The second-order valence-corrected chi connectivity index (χ2v) is 7.88. The third-order valence-electron chi connectivity index (χ3n) is 3.32. The Morgan fingerprint density at radius 2 is 1.95 bits per heavy atom. The number of nitrogens with one attached hydrogen (secondary N) is 1. The molecule has 0 radical (unpaired) electrons. The van der Waals surface area contributed by atoms with E-state index in [1.54, 1.807) is 19.1 Å². The first-order chi connectivity index (χ1) is 9.51. The number of hydrogen-bond acceptors (Lipinski definition) is 4. The van der Waals surface area contributed by atoms with Crippen molar-refractivity contribution in [2.24, 2.45) is 11.1 Å². The fourth-order valence-electron chi connectivity index (χ4n) is 2.40. The van der Waals surface area contributed by atoms with E-state index in [1.165, 1.54) is 6.07 Å². The topological polar surface area (TPSA) is 92.4 Å². The van der Waals surface area contributed by atoms with E-state index in [0.29, 0.717) is 18.9 Å². The minimum atomic E-state index is -3.70. The molecule has 1 aromatic rings. The number of rotatable bonds is 7. The Morgan fingerprint density at radius 1 is 1.33 bits per heavy atom. The number of primary sulfonamides is 1. The van der Waals surface area contributed by atoms with Gasteiger partial charge in [0.1, 0.15) is 0 Å². The predicted molar refractivity (Wildman–Crippen MR) is 84.3 cm³/mol. The fraction of sp³-hybridized carbons (Fsp3) is 0.600. The summed E-state index contributed by atoms with van der Waals surface area (Å²) in [7, 11) is -3.70. The van der Waals surface area contributed by atoms with Gasteiger partial charge in [-0.1, -0.05) is 26.0 Å². The van der Waals surface area contributed by atoms with Crippen LogP contribution in [0.3, 0.4) is 0 Å². The van der Waals surface area contributed by atoms with Gasteiger partial charge in [0.25, 0.3) is 0 Å². The molecule has 0 spiro atoms. The van der Waals surface area contributed by atoms with E-state index < -0.39 is 15.6 Å². The van der Waals surface area contributed by atoms with Gasteiger partial charge in [-0.05, 0) is 43.9 Å². The van der Waals surface area contributed by atoms with Crippen molar-refractivity contribution in [1.82, 2.24) is 5.32 Å². The van der Waals surface area contributed by atoms with Gasteiger partial charge < -0.3 is 10.4 Å². The van der Waals surface area contributed by atoms with Crippen molar-refractivity contribution in [2.75, 3.05) is 6.54 Å². The molecule has 2 atom stereocenters. The molecule has 1 rings (SSSR count). The maximum atomic E-state index is 11.4. The highest BCUT2D eigenvalue weighted by Crippen LogP contribution is 2.19. The van der Waals surface area contributed by atoms with Gasteiger partial charge in [-0.25, -0.2) is 13.6 Å². The molecule has 0 aliphatic carbocycles. The molecule has 4 N–H and O–H groups in total. The molecule has 0 heterocycles. The average molecular weight is 314 g/mol. The zero-order valence-corrected chi connectivity index (χ0v) is 13.9. The molecule has 5 nitrogen and oxygen atoms in total. The molecule has 6 heteroatoms. The van der Waals surface area contributed by atoms with Crippen molar-refractivity contribution in [3.8, 4) is 0 Å². The Bertz CT molecular complexity index is 568. The summed E-state index contributed by atoms with van der Waals surface area (Å²) in [5.41, 5.74) is 0.0295. The van der Waals surface area contributed by atoms with Crippen LogP contribution >= 0.6 is 0 Å². The number of nitrogens with two attached hydrogens (primary N) is 1. The van der Waals surface area contributed by atoms with Gasteiger partial charge in [-0.3, -0.25) is 0 Å². The Hall–Kier alpha value is -0.950. The van der Waals surface area contributed by atoms with E-state index in [2.05, 4.69) is 19.2 Å². The van der Waals surface area contributed by atoms with Crippen LogP contribution < -0.4 is 10.5 Å². The van der Waals surface area contributed by atoms with Crippen molar-refractivity contribution in [3.63, 3.8) is 0 Å². The van der Waals surface area contributed by atoms with Crippen LogP contribution in [0.1, 0.15) is 45.7 Å². The third kappa shape index (κ3) is 6.13. The molecule has 0 bridgehead atoms. The molecule has 0 fully saturated rings. The van der Waals surface area contributed by atoms with Crippen molar-refractivity contribution < 1.29 is 13.5 Å². The summed E-state index contributed by atoms with van der Waals surface area (Å²) in [6.07, 6.45) is 0.698. The van der Waals surface area contributed by atoms with Crippen LogP contribution in [0.5, 0.6) is 0 Å². The second-order valence-electron chi connectivity index (χ2n) is 6.32. The Balaban J connectivity index is 2.75. The van der Waals surface area contributed by atoms with Gasteiger partial charge in [0.05, 0.1) is 10.5 Å². The van der Waals surface area contributed by atoms with Crippen LogP contribution in [0.4, 0.5) is 0 Å². The standard InChI is InChI=1S/C15H26N2O3S/c1-11(2)9-15(4,18)10-17-12(3)13-6-5-7-14(8-13)21(16,19)20/h5-8,11-12,17-18H,9-10H2,1-4H3,(H2,16,19,20). The maximum Gasteiger partial charge on any atom is 0.238 e. The maximum absolute atomic E-state index is 11.4. The molecule has 0 amide bonds. The summed E-state index contributed by atoms with van der Waals surface area (Å²) < 4.78 is 22.7. The first-order valence-electron chi connectivity index (χ1n) is 7.10. The molecule has 2 unspecified atom stereocenters. The van der Waals surface area contributed by atoms with Gasteiger partial charge in [-0.15, -0.1) is 0 Å². The van der Waals surface area contributed by atoms with Crippen molar-refractivity contribution in [1.29, 1.82) is 0 Å². The number of hydrogen-bond donors (Lipinski definition) is 3. The Morgan fingerprint density at radius 3 is 2.48 bits per heavy atom. The molecule has 120 valence electrons. The molecule has 0 saturated heterocycles. The average Bonchev–Trinajstić information content (AvgIpc) is 2.33. The summed E-state index contributed by atoms with van der Waals surface area (Å²) >= 11 is 0. The Kier molecular flexibility index (Phi) is 5.92. The molecular formula is C15H26N2O3S. The first kappa shape index (κ1) is 18.1. The lowest BCUT2D eigenvalue weighted by molar-refractivity contribution is 0.0363. The molecule has 0 aliphatic rings. The zero-order chi connectivity index (χ0) is 16.3. The summed E-state index contributed by atoms with van der Waals surface area (Å²) in [5.74, 6) is 0.405. The fourth-order valence-corrected chi connectivity index (χ4v) is 2.97. The van der Waals surface area contributed by atoms with E-state index in [-0.39, 0.29) is 10.9 Å². The number of sulfonamides is 1. The number of aliphatic hydroxyl groups is 1. The zero-order valence-electron chi connectivity index (χ0n) is 13.1. The highest BCUT2D eigenvalue weighted by atomic mass is 32.2. The van der Waals surface area contributed by atoms with E-state index in [9.17, 15) is 13.5 Å². The Labute approximate surface area is 127 Å². The van der Waals surface area contributed by atoms with Crippen LogP contribution in [0.25, 0.3) is 0 Å². The monoisotopic (exact) mass is 314 g/mol. The lowest BCUT2D eigenvalue weighted by atomic mass is 9.94. The van der Waals surface area contributed by atoms with Crippen LogP contribution in [-0.2, 0) is 10.0 Å². The van der Waals surface area contributed by atoms with Gasteiger partial charge in [-0.2, -0.15) is 0 Å².